The van der Waals surface area contributed by atoms with E-state index in [0.717, 1.165) is 18.0 Å². The minimum absolute atomic E-state index is 0.0933. The summed E-state index contributed by atoms with van der Waals surface area (Å²) in [7, 11) is 0. The van der Waals surface area contributed by atoms with Gasteiger partial charge in [-0.05, 0) is 37.3 Å². The van der Waals surface area contributed by atoms with Crippen LogP contribution in [0.2, 0.25) is 0 Å². The topological polar surface area (TPSA) is 60.9 Å². The van der Waals surface area contributed by atoms with Crippen molar-refractivity contribution in [1.29, 1.82) is 0 Å². The third-order valence-electron chi connectivity index (χ3n) is 4.05. The number of aromatic nitrogens is 1. The maximum Gasteiger partial charge on any atom is 0.417 e. The molecule has 1 amide bonds. The molecule has 2 aromatic rings. The van der Waals surface area contributed by atoms with Crippen LogP contribution < -0.4 is 14.2 Å². The summed E-state index contributed by atoms with van der Waals surface area (Å²) in [6.07, 6.45) is -4.02. The van der Waals surface area contributed by atoms with Gasteiger partial charge in [-0.2, -0.15) is 13.2 Å². The van der Waals surface area contributed by atoms with Gasteiger partial charge in [0.2, 0.25) is 5.88 Å². The second-order valence-electron chi connectivity index (χ2n) is 6.11. The number of hydrogen-bond donors (Lipinski definition) is 0. The molecule has 0 unspecified atom stereocenters. The van der Waals surface area contributed by atoms with Crippen molar-refractivity contribution in [2.75, 3.05) is 26.3 Å². The summed E-state index contributed by atoms with van der Waals surface area (Å²) in [4.78, 5) is 17.3. The lowest BCUT2D eigenvalue weighted by Crippen LogP contribution is -2.57. The van der Waals surface area contributed by atoms with Gasteiger partial charge in [-0.25, -0.2) is 4.98 Å². The first-order valence-corrected chi connectivity index (χ1v) is 8.68. The van der Waals surface area contributed by atoms with Gasteiger partial charge in [0, 0.05) is 12.3 Å². The number of carbonyl (C=O) groups excluding carboxylic acids is 1. The number of amides is 1. The Morgan fingerprint density at radius 1 is 1.11 bits per heavy atom. The molecule has 3 rings (SSSR count). The number of benzene rings is 1. The Morgan fingerprint density at radius 3 is 2.29 bits per heavy atom. The van der Waals surface area contributed by atoms with Gasteiger partial charge in [-0.3, -0.25) is 4.79 Å². The van der Waals surface area contributed by atoms with Gasteiger partial charge >= 0.3 is 6.18 Å². The van der Waals surface area contributed by atoms with Crippen molar-refractivity contribution in [1.82, 2.24) is 9.88 Å². The Bertz CT molecular complexity index is 788. The maximum absolute atomic E-state index is 12.5. The lowest BCUT2D eigenvalue weighted by molar-refractivity contribution is -0.142. The Hall–Kier alpha value is -2.97. The van der Waals surface area contributed by atoms with Gasteiger partial charge in [-0.1, -0.05) is 0 Å². The number of likely N-dealkylation sites (tertiary alicyclic amines) is 1. The number of hydrogen-bond acceptors (Lipinski definition) is 5. The van der Waals surface area contributed by atoms with Crippen molar-refractivity contribution >= 4 is 5.91 Å². The minimum Gasteiger partial charge on any atom is -0.494 e. The number of carbonyl (C=O) groups is 1. The first-order valence-electron chi connectivity index (χ1n) is 8.68. The van der Waals surface area contributed by atoms with E-state index in [4.69, 9.17) is 14.2 Å². The van der Waals surface area contributed by atoms with Crippen molar-refractivity contribution in [3.8, 4) is 17.4 Å². The van der Waals surface area contributed by atoms with E-state index in [1.54, 1.807) is 29.2 Å². The number of nitrogens with zero attached hydrogens (tertiary/aromatic N) is 2. The molecule has 1 aromatic heterocycles. The third kappa shape index (κ3) is 5.05. The molecule has 1 aliphatic rings. The normalized spacial score (nSPS) is 14.4. The largest absolute Gasteiger partial charge is 0.494 e. The lowest BCUT2D eigenvalue weighted by Gasteiger charge is -2.38. The Balaban J connectivity index is 1.40. The van der Waals surface area contributed by atoms with Crippen LogP contribution in [0.4, 0.5) is 13.2 Å². The van der Waals surface area contributed by atoms with Crippen LogP contribution in [0.15, 0.2) is 42.6 Å². The molecular weight excluding hydrogens is 377 g/mol. The van der Waals surface area contributed by atoms with E-state index >= 15 is 0 Å². The van der Waals surface area contributed by atoms with E-state index in [1.165, 1.54) is 6.07 Å². The second kappa shape index (κ2) is 8.37. The molecule has 1 saturated heterocycles. The highest BCUT2D eigenvalue weighted by Gasteiger charge is 2.34. The number of ether oxygens (including phenoxy) is 3. The van der Waals surface area contributed by atoms with E-state index in [1.807, 2.05) is 6.92 Å². The van der Waals surface area contributed by atoms with Crippen molar-refractivity contribution in [2.24, 2.45) is 0 Å². The Morgan fingerprint density at radius 2 is 1.75 bits per heavy atom. The zero-order valence-corrected chi connectivity index (χ0v) is 15.1. The smallest absolute Gasteiger partial charge is 0.417 e. The van der Waals surface area contributed by atoms with Crippen LogP contribution in [0.5, 0.6) is 17.4 Å². The summed E-state index contributed by atoms with van der Waals surface area (Å²) in [5.41, 5.74) is -0.836. The molecule has 1 fully saturated rings. The van der Waals surface area contributed by atoms with E-state index in [0.29, 0.717) is 25.4 Å². The fourth-order valence-electron chi connectivity index (χ4n) is 2.54. The van der Waals surface area contributed by atoms with Crippen molar-refractivity contribution in [3.63, 3.8) is 0 Å². The summed E-state index contributed by atoms with van der Waals surface area (Å²) in [5, 5.41) is 0. The van der Waals surface area contributed by atoms with Gasteiger partial charge in [0.25, 0.3) is 5.91 Å². The fraction of sp³-hybridized carbons (Fsp3) is 0.368. The molecular formula is C19H19F3N2O4. The molecule has 28 heavy (non-hydrogen) atoms. The van der Waals surface area contributed by atoms with Crippen LogP contribution in [0.3, 0.4) is 0 Å². The summed E-state index contributed by atoms with van der Waals surface area (Å²) in [6.45, 7) is 3.00. The third-order valence-corrected chi connectivity index (χ3v) is 4.05. The highest BCUT2D eigenvalue weighted by Crippen LogP contribution is 2.29. The molecule has 0 aliphatic carbocycles. The van der Waals surface area contributed by atoms with Crippen LogP contribution in [0.1, 0.15) is 12.5 Å². The highest BCUT2D eigenvalue weighted by molar-refractivity contribution is 5.78. The Kier molecular flexibility index (Phi) is 5.91. The van der Waals surface area contributed by atoms with Crippen LogP contribution in [0, 0.1) is 0 Å². The Labute approximate surface area is 159 Å². The standard InChI is InChI=1S/C19H19F3N2O4/c1-2-26-14-4-6-15(7-5-14)27-12-18(25)24-10-16(11-24)28-17-8-3-13(9-23-17)19(20,21)22/h3-9,16H,2,10-12H2,1H3. The van der Waals surface area contributed by atoms with Gasteiger partial charge in [0.15, 0.2) is 6.61 Å². The summed E-state index contributed by atoms with van der Waals surface area (Å²) < 4.78 is 53.8. The second-order valence-corrected chi connectivity index (χ2v) is 6.11. The highest BCUT2D eigenvalue weighted by atomic mass is 19.4. The van der Waals surface area contributed by atoms with E-state index in [2.05, 4.69) is 4.98 Å². The molecule has 0 radical (unpaired) electrons. The zero-order valence-electron chi connectivity index (χ0n) is 15.1. The van der Waals surface area contributed by atoms with Gasteiger partial charge < -0.3 is 19.1 Å². The van der Waals surface area contributed by atoms with Crippen molar-refractivity contribution in [2.45, 2.75) is 19.2 Å². The van der Waals surface area contributed by atoms with Crippen molar-refractivity contribution in [3.05, 3.63) is 48.2 Å². The monoisotopic (exact) mass is 396 g/mol. The summed E-state index contributed by atoms with van der Waals surface area (Å²) in [6, 6.07) is 9.03. The molecule has 1 aromatic carbocycles. The number of rotatable bonds is 7. The molecule has 0 N–H and O–H groups in total. The van der Waals surface area contributed by atoms with Gasteiger partial charge in [-0.15, -0.1) is 0 Å². The minimum atomic E-state index is -4.44. The molecule has 1 aliphatic heterocycles. The lowest BCUT2D eigenvalue weighted by atomic mass is 10.1. The number of alkyl halides is 3. The maximum atomic E-state index is 12.5. The quantitative estimate of drug-likeness (QED) is 0.720. The van der Waals surface area contributed by atoms with E-state index < -0.39 is 11.7 Å². The van der Waals surface area contributed by atoms with E-state index in [9.17, 15) is 18.0 Å². The first kappa shape index (κ1) is 19.8. The zero-order chi connectivity index (χ0) is 20.1. The average Bonchev–Trinajstić information content (AvgIpc) is 2.63. The summed E-state index contributed by atoms with van der Waals surface area (Å²) >= 11 is 0. The predicted molar refractivity (Wildman–Crippen MR) is 93.3 cm³/mol. The SMILES string of the molecule is CCOc1ccc(OCC(=O)N2CC(Oc3ccc(C(F)(F)F)cn3)C2)cc1. The molecule has 0 atom stereocenters. The van der Waals surface area contributed by atoms with Gasteiger partial charge in [0.05, 0.1) is 25.3 Å². The van der Waals surface area contributed by atoms with E-state index in [-0.39, 0.29) is 24.5 Å². The number of halogens is 3. The van der Waals surface area contributed by atoms with Crippen molar-refractivity contribution < 1.29 is 32.2 Å². The number of pyridine rings is 1. The van der Waals surface area contributed by atoms with Crippen LogP contribution in [-0.4, -0.2) is 48.2 Å². The summed E-state index contributed by atoms with van der Waals surface area (Å²) in [5.74, 6) is 1.17. The molecule has 0 saturated carbocycles. The molecule has 0 bridgehead atoms. The fourth-order valence-corrected chi connectivity index (χ4v) is 2.54. The van der Waals surface area contributed by atoms with Crippen LogP contribution >= 0.6 is 0 Å². The predicted octanol–water partition coefficient (Wildman–Crippen LogP) is 3.17. The average molecular weight is 396 g/mol. The van der Waals surface area contributed by atoms with Crippen LogP contribution in [-0.2, 0) is 11.0 Å². The molecule has 150 valence electrons. The van der Waals surface area contributed by atoms with Crippen LogP contribution in [0.25, 0.3) is 0 Å². The molecule has 2 heterocycles. The molecule has 0 spiro atoms. The first-order chi connectivity index (χ1) is 13.3. The molecule has 6 nitrogen and oxygen atoms in total. The van der Waals surface area contributed by atoms with Gasteiger partial charge in [0.1, 0.15) is 17.6 Å². The molecule has 9 heteroatoms.